The van der Waals surface area contributed by atoms with E-state index < -0.39 is 0 Å². The first-order valence-corrected chi connectivity index (χ1v) is 7.26. The Morgan fingerprint density at radius 3 is 2.78 bits per heavy atom. The standard InChI is InChI=1S/C13H12INO2S/c1-8-3-4-10(11(5-8)17-2)15-13(16)9-6-12(14)18-7-9/h3-7H,1-2H3,(H,15,16). The summed E-state index contributed by atoms with van der Waals surface area (Å²) in [6.45, 7) is 1.98. The second-order valence-corrected chi connectivity index (χ2v) is 6.60. The van der Waals surface area contributed by atoms with Crippen LogP contribution in [0.15, 0.2) is 29.6 Å². The third-order valence-electron chi connectivity index (χ3n) is 2.43. The zero-order valence-electron chi connectivity index (χ0n) is 9.99. The third-order valence-corrected chi connectivity index (χ3v) is 4.22. The van der Waals surface area contributed by atoms with E-state index in [0.29, 0.717) is 17.0 Å². The minimum atomic E-state index is -0.115. The molecule has 0 aliphatic carbocycles. The fourth-order valence-corrected chi connectivity index (χ4v) is 2.85. The summed E-state index contributed by atoms with van der Waals surface area (Å²) in [5.74, 6) is 0.560. The number of ether oxygens (including phenoxy) is 1. The number of amides is 1. The highest BCUT2D eigenvalue weighted by Crippen LogP contribution is 2.26. The Balaban J connectivity index is 2.21. The van der Waals surface area contributed by atoms with Gasteiger partial charge in [-0.3, -0.25) is 4.79 Å². The molecule has 0 atom stereocenters. The molecule has 2 aromatic rings. The molecule has 1 amide bonds. The molecule has 3 nitrogen and oxygen atoms in total. The molecule has 0 bridgehead atoms. The molecule has 1 aromatic heterocycles. The van der Waals surface area contributed by atoms with Crippen LogP contribution in [-0.2, 0) is 0 Å². The summed E-state index contributed by atoms with van der Waals surface area (Å²) >= 11 is 3.75. The second-order valence-electron chi connectivity index (χ2n) is 3.80. The van der Waals surface area contributed by atoms with E-state index in [1.54, 1.807) is 18.4 Å². The zero-order valence-corrected chi connectivity index (χ0v) is 13.0. The van der Waals surface area contributed by atoms with Gasteiger partial charge in [0.2, 0.25) is 0 Å². The number of nitrogens with one attached hydrogen (secondary N) is 1. The summed E-state index contributed by atoms with van der Waals surface area (Å²) in [7, 11) is 1.60. The van der Waals surface area contributed by atoms with E-state index in [4.69, 9.17) is 4.74 Å². The van der Waals surface area contributed by atoms with E-state index >= 15 is 0 Å². The van der Waals surface area contributed by atoms with Crippen LogP contribution < -0.4 is 10.1 Å². The summed E-state index contributed by atoms with van der Waals surface area (Å²) in [5, 5.41) is 4.70. The first kappa shape index (κ1) is 13.4. The van der Waals surface area contributed by atoms with Gasteiger partial charge in [0.25, 0.3) is 5.91 Å². The molecule has 18 heavy (non-hydrogen) atoms. The monoisotopic (exact) mass is 373 g/mol. The maximum absolute atomic E-state index is 12.0. The molecule has 0 aliphatic rings. The SMILES string of the molecule is COc1cc(C)ccc1NC(=O)c1csc(I)c1. The highest BCUT2D eigenvalue weighted by atomic mass is 127. The summed E-state index contributed by atoms with van der Waals surface area (Å²) in [6, 6.07) is 7.55. The molecule has 5 heteroatoms. The number of benzene rings is 1. The first-order chi connectivity index (χ1) is 8.60. The van der Waals surface area contributed by atoms with E-state index in [9.17, 15) is 4.79 Å². The Bertz CT molecular complexity index is 580. The van der Waals surface area contributed by atoms with Crippen LogP contribution >= 0.6 is 33.9 Å². The van der Waals surface area contributed by atoms with E-state index in [2.05, 4.69) is 27.9 Å². The highest BCUT2D eigenvalue weighted by molar-refractivity contribution is 14.1. The number of anilines is 1. The molecule has 1 N–H and O–H groups in total. The van der Waals surface area contributed by atoms with Crippen LogP contribution in [0.1, 0.15) is 15.9 Å². The molecule has 94 valence electrons. The predicted molar refractivity (Wildman–Crippen MR) is 82.7 cm³/mol. The van der Waals surface area contributed by atoms with E-state index in [0.717, 1.165) is 8.45 Å². The van der Waals surface area contributed by atoms with Gasteiger partial charge in [-0.25, -0.2) is 0 Å². The van der Waals surface area contributed by atoms with Crippen molar-refractivity contribution in [3.8, 4) is 5.75 Å². The van der Waals surface area contributed by atoms with Crippen LogP contribution in [0.5, 0.6) is 5.75 Å². The van der Waals surface area contributed by atoms with Crippen LogP contribution in [0.4, 0.5) is 5.69 Å². The molecule has 0 fully saturated rings. The molecule has 0 aliphatic heterocycles. The average Bonchev–Trinajstić information content (AvgIpc) is 2.78. The normalized spacial score (nSPS) is 10.2. The Morgan fingerprint density at radius 2 is 2.17 bits per heavy atom. The number of methoxy groups -OCH3 is 1. The van der Waals surface area contributed by atoms with Gasteiger partial charge in [-0.2, -0.15) is 0 Å². The molecular weight excluding hydrogens is 361 g/mol. The van der Waals surface area contributed by atoms with Gasteiger partial charge in [0.15, 0.2) is 0 Å². The largest absolute Gasteiger partial charge is 0.495 e. The maximum Gasteiger partial charge on any atom is 0.256 e. The number of hydrogen-bond donors (Lipinski definition) is 1. The number of aryl methyl sites for hydroxylation is 1. The number of halogens is 1. The van der Waals surface area contributed by atoms with Crippen LogP contribution in [-0.4, -0.2) is 13.0 Å². The molecule has 2 rings (SSSR count). The topological polar surface area (TPSA) is 38.3 Å². The lowest BCUT2D eigenvalue weighted by Crippen LogP contribution is -2.11. The molecule has 0 spiro atoms. The highest BCUT2D eigenvalue weighted by Gasteiger charge is 2.11. The van der Waals surface area contributed by atoms with Crippen molar-refractivity contribution in [1.82, 2.24) is 0 Å². The van der Waals surface area contributed by atoms with Crippen molar-refractivity contribution in [3.05, 3.63) is 43.7 Å². The summed E-state index contributed by atoms with van der Waals surface area (Å²) in [5.41, 5.74) is 2.45. The second kappa shape index (κ2) is 5.71. The smallest absolute Gasteiger partial charge is 0.256 e. The van der Waals surface area contributed by atoms with E-state index in [-0.39, 0.29) is 5.91 Å². The molecule has 0 saturated carbocycles. The van der Waals surface area contributed by atoms with Gasteiger partial charge in [-0.1, -0.05) is 6.07 Å². The average molecular weight is 373 g/mol. The van der Waals surface area contributed by atoms with Gasteiger partial charge < -0.3 is 10.1 Å². The Labute approximate surface area is 123 Å². The zero-order chi connectivity index (χ0) is 13.1. The minimum Gasteiger partial charge on any atom is -0.495 e. The first-order valence-electron chi connectivity index (χ1n) is 5.30. The van der Waals surface area contributed by atoms with Crippen LogP contribution in [0.2, 0.25) is 0 Å². The number of rotatable bonds is 3. The Morgan fingerprint density at radius 1 is 1.39 bits per heavy atom. The number of hydrogen-bond acceptors (Lipinski definition) is 3. The Kier molecular flexibility index (Phi) is 4.23. The summed E-state index contributed by atoms with van der Waals surface area (Å²) < 4.78 is 6.35. The van der Waals surface area contributed by atoms with Crippen LogP contribution in [0, 0.1) is 9.81 Å². The third kappa shape index (κ3) is 3.02. The van der Waals surface area contributed by atoms with Crippen molar-refractivity contribution >= 4 is 45.5 Å². The molecule has 0 radical (unpaired) electrons. The van der Waals surface area contributed by atoms with Crippen LogP contribution in [0.25, 0.3) is 0 Å². The van der Waals surface area contributed by atoms with Crippen molar-refractivity contribution in [2.45, 2.75) is 6.92 Å². The van der Waals surface area contributed by atoms with Crippen molar-refractivity contribution < 1.29 is 9.53 Å². The lowest BCUT2D eigenvalue weighted by atomic mass is 10.2. The summed E-state index contributed by atoms with van der Waals surface area (Å²) in [6.07, 6.45) is 0. The molecule has 0 unspecified atom stereocenters. The molecule has 1 heterocycles. The van der Waals surface area contributed by atoms with Gasteiger partial charge in [0, 0.05) is 5.38 Å². The van der Waals surface area contributed by atoms with Crippen molar-refractivity contribution in [2.24, 2.45) is 0 Å². The lowest BCUT2D eigenvalue weighted by molar-refractivity contribution is 0.102. The number of thiophene rings is 1. The molecule has 0 saturated heterocycles. The van der Waals surface area contributed by atoms with Gasteiger partial charge in [-0.15, -0.1) is 11.3 Å². The minimum absolute atomic E-state index is 0.115. The van der Waals surface area contributed by atoms with Crippen molar-refractivity contribution in [1.29, 1.82) is 0 Å². The number of carbonyl (C=O) groups excluding carboxylic acids is 1. The Hall–Kier alpha value is -1.08. The maximum atomic E-state index is 12.0. The predicted octanol–water partition coefficient (Wildman–Crippen LogP) is 3.92. The van der Waals surface area contributed by atoms with Crippen molar-refractivity contribution in [3.63, 3.8) is 0 Å². The number of carbonyl (C=O) groups is 1. The van der Waals surface area contributed by atoms with E-state index in [1.165, 1.54) is 0 Å². The molecular formula is C13H12INO2S. The quantitative estimate of drug-likeness (QED) is 0.829. The van der Waals surface area contributed by atoms with Gasteiger partial charge in [0.05, 0.1) is 21.2 Å². The van der Waals surface area contributed by atoms with Crippen LogP contribution in [0.3, 0.4) is 0 Å². The van der Waals surface area contributed by atoms with Crippen molar-refractivity contribution in [2.75, 3.05) is 12.4 Å². The van der Waals surface area contributed by atoms with Gasteiger partial charge in [-0.05, 0) is 53.3 Å². The van der Waals surface area contributed by atoms with Gasteiger partial charge in [0.1, 0.15) is 5.75 Å². The molecule has 1 aromatic carbocycles. The fourth-order valence-electron chi connectivity index (χ4n) is 1.53. The van der Waals surface area contributed by atoms with Gasteiger partial charge >= 0.3 is 0 Å². The van der Waals surface area contributed by atoms with E-state index in [1.807, 2.05) is 36.6 Å². The fraction of sp³-hybridized carbons (Fsp3) is 0.154. The lowest BCUT2D eigenvalue weighted by Gasteiger charge is -2.10. The summed E-state index contributed by atoms with van der Waals surface area (Å²) in [4.78, 5) is 12.0.